The largest absolute Gasteiger partial charge is 0.308 e. The third-order valence-electron chi connectivity index (χ3n) is 4.30. The molecular formula is C13H26N2. The Morgan fingerprint density at radius 3 is 2.47 bits per heavy atom. The number of nitrogens with zero attached hydrogens (tertiary/aromatic N) is 1. The molecule has 1 heterocycles. The molecular weight excluding hydrogens is 184 g/mol. The number of piperazine rings is 1. The molecule has 1 saturated carbocycles. The highest BCUT2D eigenvalue weighted by Gasteiger charge is 2.40. The van der Waals surface area contributed by atoms with E-state index in [0.29, 0.717) is 11.1 Å². The Balaban J connectivity index is 2.01. The molecule has 1 unspecified atom stereocenters. The lowest BCUT2D eigenvalue weighted by molar-refractivity contribution is 0.0276. The zero-order valence-electron chi connectivity index (χ0n) is 10.8. The van der Waals surface area contributed by atoms with E-state index in [1.165, 1.54) is 32.4 Å². The third kappa shape index (κ3) is 2.54. The molecule has 15 heavy (non-hydrogen) atoms. The van der Waals surface area contributed by atoms with E-state index in [1.54, 1.807) is 0 Å². The van der Waals surface area contributed by atoms with Crippen LogP contribution in [-0.4, -0.2) is 35.6 Å². The summed E-state index contributed by atoms with van der Waals surface area (Å²) in [6.07, 6.45) is 4.15. The van der Waals surface area contributed by atoms with Gasteiger partial charge in [0, 0.05) is 30.7 Å². The molecule has 0 aromatic rings. The second-order valence-electron chi connectivity index (χ2n) is 6.40. The van der Waals surface area contributed by atoms with Crippen LogP contribution in [0.4, 0.5) is 0 Å². The minimum Gasteiger partial charge on any atom is -0.308 e. The molecule has 2 aliphatic rings. The summed E-state index contributed by atoms with van der Waals surface area (Å²) in [5.41, 5.74) is 0.682. The lowest BCUT2D eigenvalue weighted by Crippen LogP contribution is -2.67. The smallest absolute Gasteiger partial charge is 0.0278 e. The molecule has 1 N–H and O–H groups in total. The van der Waals surface area contributed by atoms with Crippen LogP contribution in [0.25, 0.3) is 0 Å². The zero-order valence-corrected chi connectivity index (χ0v) is 10.8. The number of hydrogen-bond donors (Lipinski definition) is 1. The molecule has 1 aliphatic carbocycles. The van der Waals surface area contributed by atoms with Crippen LogP contribution in [0.1, 0.15) is 47.0 Å². The summed E-state index contributed by atoms with van der Waals surface area (Å²) < 4.78 is 0. The van der Waals surface area contributed by atoms with Gasteiger partial charge in [0.1, 0.15) is 0 Å². The van der Waals surface area contributed by atoms with E-state index in [0.717, 1.165) is 12.5 Å². The fraction of sp³-hybridized carbons (Fsp3) is 1.00. The molecule has 0 aromatic carbocycles. The van der Waals surface area contributed by atoms with Crippen LogP contribution in [0.3, 0.4) is 0 Å². The van der Waals surface area contributed by atoms with Crippen LogP contribution >= 0.6 is 0 Å². The van der Waals surface area contributed by atoms with Crippen molar-refractivity contribution in [2.24, 2.45) is 5.92 Å². The van der Waals surface area contributed by atoms with E-state index in [-0.39, 0.29) is 0 Å². The van der Waals surface area contributed by atoms with E-state index in [2.05, 4.69) is 37.9 Å². The zero-order chi connectivity index (χ0) is 11.1. The van der Waals surface area contributed by atoms with Crippen molar-refractivity contribution in [2.75, 3.05) is 19.6 Å². The summed E-state index contributed by atoms with van der Waals surface area (Å²) in [4.78, 5) is 2.71. The third-order valence-corrected chi connectivity index (χ3v) is 4.30. The Morgan fingerprint density at radius 2 is 1.93 bits per heavy atom. The van der Waals surface area contributed by atoms with Crippen LogP contribution in [0.15, 0.2) is 0 Å². The Labute approximate surface area is 94.4 Å². The highest BCUT2D eigenvalue weighted by Crippen LogP contribution is 2.34. The Morgan fingerprint density at radius 1 is 1.27 bits per heavy atom. The van der Waals surface area contributed by atoms with Crippen LogP contribution in [-0.2, 0) is 0 Å². The van der Waals surface area contributed by atoms with Crippen molar-refractivity contribution in [3.05, 3.63) is 0 Å². The fourth-order valence-corrected chi connectivity index (χ4v) is 2.39. The molecule has 1 aliphatic heterocycles. The number of hydrogen-bond acceptors (Lipinski definition) is 2. The van der Waals surface area contributed by atoms with Crippen LogP contribution < -0.4 is 5.32 Å². The average molecular weight is 210 g/mol. The van der Waals surface area contributed by atoms with Gasteiger partial charge in [0.25, 0.3) is 0 Å². The molecule has 1 saturated heterocycles. The van der Waals surface area contributed by atoms with E-state index >= 15 is 0 Å². The lowest BCUT2D eigenvalue weighted by atomic mass is 9.88. The molecule has 0 aromatic heterocycles. The topological polar surface area (TPSA) is 15.3 Å². The van der Waals surface area contributed by atoms with Crippen molar-refractivity contribution in [3.63, 3.8) is 0 Å². The van der Waals surface area contributed by atoms with E-state index < -0.39 is 0 Å². The molecule has 1 atom stereocenters. The maximum Gasteiger partial charge on any atom is 0.0278 e. The first-order valence-corrected chi connectivity index (χ1v) is 6.45. The predicted molar refractivity (Wildman–Crippen MR) is 65.1 cm³/mol. The van der Waals surface area contributed by atoms with Gasteiger partial charge in [-0.3, -0.25) is 4.90 Å². The maximum absolute atomic E-state index is 3.72. The predicted octanol–water partition coefficient (Wildman–Crippen LogP) is 2.25. The van der Waals surface area contributed by atoms with Crippen molar-refractivity contribution >= 4 is 0 Å². The van der Waals surface area contributed by atoms with Crippen molar-refractivity contribution < 1.29 is 0 Å². The molecule has 0 amide bonds. The first-order chi connectivity index (χ1) is 6.95. The van der Waals surface area contributed by atoms with Crippen LogP contribution in [0.2, 0.25) is 0 Å². The number of nitrogens with one attached hydrogen (secondary N) is 1. The quantitative estimate of drug-likeness (QED) is 0.768. The second-order valence-corrected chi connectivity index (χ2v) is 6.40. The molecule has 0 spiro atoms. The first kappa shape index (κ1) is 11.4. The average Bonchev–Trinajstić information content (AvgIpc) is 2.96. The summed E-state index contributed by atoms with van der Waals surface area (Å²) in [6, 6.07) is 0. The summed E-state index contributed by atoms with van der Waals surface area (Å²) >= 11 is 0. The van der Waals surface area contributed by atoms with Crippen LogP contribution in [0.5, 0.6) is 0 Å². The number of rotatable bonds is 3. The normalized spacial score (nSPS) is 36.8. The fourth-order valence-electron chi connectivity index (χ4n) is 2.39. The van der Waals surface area contributed by atoms with Gasteiger partial charge in [-0.25, -0.2) is 0 Å². The van der Waals surface area contributed by atoms with E-state index in [4.69, 9.17) is 0 Å². The van der Waals surface area contributed by atoms with Crippen LogP contribution in [0, 0.1) is 5.92 Å². The van der Waals surface area contributed by atoms with Gasteiger partial charge in [0.05, 0.1) is 0 Å². The molecule has 88 valence electrons. The standard InChI is InChI=1S/C13H26N2/c1-5-13(4)10-15(8-11-6-7-11)12(2,3)9-14-13/h11,14H,5-10H2,1-4H3. The van der Waals surface area contributed by atoms with Gasteiger partial charge in [-0.1, -0.05) is 6.92 Å². The van der Waals surface area contributed by atoms with Gasteiger partial charge in [-0.15, -0.1) is 0 Å². The second kappa shape index (κ2) is 3.74. The van der Waals surface area contributed by atoms with Crippen molar-refractivity contribution in [1.82, 2.24) is 10.2 Å². The summed E-state index contributed by atoms with van der Waals surface area (Å²) in [5.74, 6) is 1.00. The summed E-state index contributed by atoms with van der Waals surface area (Å²) in [5, 5.41) is 3.72. The maximum atomic E-state index is 3.72. The molecule has 0 bridgehead atoms. The van der Waals surface area contributed by atoms with Gasteiger partial charge in [-0.2, -0.15) is 0 Å². The minimum absolute atomic E-state index is 0.338. The SMILES string of the molecule is CCC1(C)CN(CC2CC2)C(C)(C)CN1. The van der Waals surface area contributed by atoms with Crippen molar-refractivity contribution in [2.45, 2.75) is 58.0 Å². The van der Waals surface area contributed by atoms with Gasteiger partial charge < -0.3 is 5.32 Å². The van der Waals surface area contributed by atoms with Crippen molar-refractivity contribution in [3.8, 4) is 0 Å². The molecule has 2 rings (SSSR count). The van der Waals surface area contributed by atoms with Gasteiger partial charge in [-0.05, 0) is 46.0 Å². The highest BCUT2D eigenvalue weighted by molar-refractivity contribution is 5.00. The van der Waals surface area contributed by atoms with Gasteiger partial charge >= 0.3 is 0 Å². The van der Waals surface area contributed by atoms with E-state index in [1.807, 2.05) is 0 Å². The lowest BCUT2D eigenvalue weighted by Gasteiger charge is -2.51. The summed E-state index contributed by atoms with van der Waals surface area (Å²) in [6.45, 7) is 13.1. The molecule has 2 heteroatoms. The molecule has 0 radical (unpaired) electrons. The van der Waals surface area contributed by atoms with Crippen molar-refractivity contribution in [1.29, 1.82) is 0 Å². The first-order valence-electron chi connectivity index (χ1n) is 6.45. The Hall–Kier alpha value is -0.0800. The Bertz CT molecular complexity index is 233. The molecule has 2 nitrogen and oxygen atoms in total. The highest BCUT2D eigenvalue weighted by atomic mass is 15.3. The summed E-state index contributed by atoms with van der Waals surface area (Å²) in [7, 11) is 0. The molecule has 2 fully saturated rings. The van der Waals surface area contributed by atoms with Gasteiger partial charge in [0.2, 0.25) is 0 Å². The van der Waals surface area contributed by atoms with E-state index in [9.17, 15) is 0 Å². The monoisotopic (exact) mass is 210 g/mol. The minimum atomic E-state index is 0.338. The van der Waals surface area contributed by atoms with Gasteiger partial charge in [0.15, 0.2) is 0 Å². The Kier molecular flexibility index (Phi) is 2.85.